The second kappa shape index (κ2) is 5.03. The van der Waals surface area contributed by atoms with Gasteiger partial charge in [0.25, 0.3) is 0 Å². The summed E-state index contributed by atoms with van der Waals surface area (Å²) in [5, 5.41) is 9.36. The van der Waals surface area contributed by atoms with Crippen LogP contribution in [0.1, 0.15) is 12.8 Å². The van der Waals surface area contributed by atoms with E-state index < -0.39 is 16.1 Å². The topological polar surface area (TPSA) is 57.6 Å². The van der Waals surface area contributed by atoms with Gasteiger partial charge < -0.3 is 5.11 Å². The van der Waals surface area contributed by atoms with Crippen molar-refractivity contribution < 1.29 is 13.5 Å². The maximum atomic E-state index is 12.2. The molecular formula is C9H11Cl2NO3S2. The molecule has 1 aliphatic rings. The highest BCUT2D eigenvalue weighted by molar-refractivity contribution is 7.89. The van der Waals surface area contributed by atoms with Gasteiger partial charge >= 0.3 is 0 Å². The summed E-state index contributed by atoms with van der Waals surface area (Å²) in [5.74, 6) is 0. The van der Waals surface area contributed by atoms with Gasteiger partial charge in [0.1, 0.15) is 9.23 Å². The predicted octanol–water partition coefficient (Wildman–Crippen LogP) is 2.20. The first-order chi connectivity index (χ1) is 7.91. The fraction of sp³-hybridized carbons (Fsp3) is 0.556. The molecule has 2 rings (SSSR count). The van der Waals surface area contributed by atoms with Crippen LogP contribution in [-0.4, -0.2) is 37.0 Å². The first-order valence-electron chi connectivity index (χ1n) is 5.04. The number of hydrogen-bond acceptors (Lipinski definition) is 4. The van der Waals surface area contributed by atoms with Gasteiger partial charge in [0.2, 0.25) is 10.0 Å². The third kappa shape index (κ3) is 2.77. The van der Waals surface area contributed by atoms with E-state index >= 15 is 0 Å². The second-order valence-corrected chi connectivity index (χ2v) is 8.02. The van der Waals surface area contributed by atoms with Gasteiger partial charge in [-0.05, 0) is 18.9 Å². The van der Waals surface area contributed by atoms with Crippen LogP contribution in [0.15, 0.2) is 11.0 Å². The van der Waals surface area contributed by atoms with Crippen molar-refractivity contribution in [3.05, 3.63) is 14.7 Å². The van der Waals surface area contributed by atoms with Crippen molar-refractivity contribution in [3.63, 3.8) is 0 Å². The summed E-state index contributed by atoms with van der Waals surface area (Å²) in [6, 6.07) is 1.37. The monoisotopic (exact) mass is 315 g/mol. The molecule has 0 radical (unpaired) electrons. The van der Waals surface area contributed by atoms with Gasteiger partial charge in [0.15, 0.2) is 0 Å². The fourth-order valence-corrected chi connectivity index (χ4v) is 5.31. The molecular weight excluding hydrogens is 305 g/mol. The highest BCUT2D eigenvalue weighted by Gasteiger charge is 2.31. The lowest BCUT2D eigenvalue weighted by atomic mass is 10.1. The fourth-order valence-electron chi connectivity index (χ4n) is 1.72. The van der Waals surface area contributed by atoms with Crippen LogP contribution in [0.5, 0.6) is 0 Å². The first kappa shape index (κ1) is 13.6. The van der Waals surface area contributed by atoms with Crippen molar-refractivity contribution in [2.75, 3.05) is 13.1 Å². The Hall–Kier alpha value is 0.150. The number of halogens is 2. The van der Waals surface area contributed by atoms with Crippen LogP contribution in [0.25, 0.3) is 0 Å². The smallest absolute Gasteiger partial charge is 0.245 e. The minimum atomic E-state index is -3.58. The average molecular weight is 316 g/mol. The zero-order valence-corrected chi connectivity index (χ0v) is 11.9. The molecule has 1 saturated heterocycles. The summed E-state index contributed by atoms with van der Waals surface area (Å²) in [6.45, 7) is 0.626. The van der Waals surface area contributed by atoms with Crippen LogP contribution in [0.4, 0.5) is 0 Å². The van der Waals surface area contributed by atoms with Crippen LogP contribution in [0.2, 0.25) is 8.67 Å². The Morgan fingerprint density at radius 2 is 1.94 bits per heavy atom. The summed E-state index contributed by atoms with van der Waals surface area (Å²) < 4.78 is 26.3. The van der Waals surface area contributed by atoms with E-state index in [0.717, 1.165) is 11.3 Å². The van der Waals surface area contributed by atoms with E-state index in [9.17, 15) is 13.5 Å². The SMILES string of the molecule is O=S(=O)(c1cc(Cl)sc1Cl)N1CCC(O)CC1. The molecule has 0 spiro atoms. The van der Waals surface area contributed by atoms with Crippen molar-refractivity contribution in [2.45, 2.75) is 23.8 Å². The quantitative estimate of drug-likeness (QED) is 0.910. The minimum absolute atomic E-state index is 0.0607. The van der Waals surface area contributed by atoms with E-state index in [0.29, 0.717) is 30.3 Å². The lowest BCUT2D eigenvalue weighted by Crippen LogP contribution is -2.39. The van der Waals surface area contributed by atoms with Gasteiger partial charge in [-0.1, -0.05) is 23.2 Å². The molecule has 0 amide bonds. The van der Waals surface area contributed by atoms with Crippen LogP contribution < -0.4 is 0 Å². The molecule has 0 atom stereocenters. The highest BCUT2D eigenvalue weighted by Crippen LogP contribution is 2.36. The van der Waals surface area contributed by atoms with Crippen LogP contribution >= 0.6 is 34.5 Å². The van der Waals surface area contributed by atoms with Crippen LogP contribution in [-0.2, 0) is 10.0 Å². The molecule has 8 heteroatoms. The molecule has 0 bridgehead atoms. The molecule has 4 nitrogen and oxygen atoms in total. The molecule has 96 valence electrons. The van der Waals surface area contributed by atoms with Crippen molar-refractivity contribution in [2.24, 2.45) is 0 Å². The molecule has 0 aromatic carbocycles. The van der Waals surface area contributed by atoms with E-state index in [2.05, 4.69) is 0 Å². The number of sulfonamides is 1. The normalized spacial score (nSPS) is 19.7. The predicted molar refractivity (Wildman–Crippen MR) is 68.3 cm³/mol. The standard InChI is InChI=1S/C9H11Cl2NO3S2/c10-8-5-7(9(11)16-8)17(14,15)12-3-1-6(13)2-4-12/h5-6,13H,1-4H2. The number of rotatable bonds is 2. The van der Waals surface area contributed by atoms with Gasteiger partial charge in [-0.25, -0.2) is 8.42 Å². The Kier molecular flexibility index (Phi) is 4.02. The van der Waals surface area contributed by atoms with Crippen molar-refractivity contribution in [1.82, 2.24) is 4.31 Å². The first-order valence-corrected chi connectivity index (χ1v) is 8.05. The summed E-state index contributed by atoms with van der Waals surface area (Å²) in [6.07, 6.45) is 0.492. The summed E-state index contributed by atoms with van der Waals surface area (Å²) in [4.78, 5) is 0.0607. The van der Waals surface area contributed by atoms with E-state index in [1.165, 1.54) is 10.4 Å². The van der Waals surface area contributed by atoms with E-state index in [-0.39, 0.29) is 9.23 Å². The average Bonchev–Trinajstić information content (AvgIpc) is 2.59. The van der Waals surface area contributed by atoms with Crippen molar-refractivity contribution >= 4 is 44.6 Å². The maximum Gasteiger partial charge on any atom is 0.245 e. The number of hydrogen-bond donors (Lipinski definition) is 1. The molecule has 1 aliphatic heterocycles. The molecule has 1 aromatic rings. The number of thiophene rings is 1. The minimum Gasteiger partial charge on any atom is -0.393 e. The van der Waals surface area contributed by atoms with E-state index in [1.54, 1.807) is 0 Å². The molecule has 0 aliphatic carbocycles. The Morgan fingerprint density at radius 3 is 2.41 bits per heavy atom. The summed E-state index contributed by atoms with van der Waals surface area (Å²) >= 11 is 12.6. The van der Waals surface area contributed by atoms with E-state index in [4.69, 9.17) is 23.2 Å². The van der Waals surface area contributed by atoms with Gasteiger partial charge in [0.05, 0.1) is 10.4 Å². The summed E-state index contributed by atoms with van der Waals surface area (Å²) in [5.41, 5.74) is 0. The van der Waals surface area contributed by atoms with Gasteiger partial charge in [0, 0.05) is 13.1 Å². The number of aliphatic hydroxyl groups excluding tert-OH is 1. The Balaban J connectivity index is 2.28. The molecule has 0 saturated carbocycles. The molecule has 1 N–H and O–H groups in total. The van der Waals surface area contributed by atoms with Gasteiger partial charge in [-0.2, -0.15) is 4.31 Å². The molecule has 0 unspecified atom stereocenters. The maximum absolute atomic E-state index is 12.2. The van der Waals surface area contributed by atoms with Crippen molar-refractivity contribution in [3.8, 4) is 0 Å². The third-order valence-electron chi connectivity index (χ3n) is 2.67. The zero-order valence-electron chi connectivity index (χ0n) is 8.77. The van der Waals surface area contributed by atoms with Gasteiger partial charge in [-0.15, -0.1) is 11.3 Å². The molecule has 1 fully saturated rings. The lowest BCUT2D eigenvalue weighted by Gasteiger charge is -2.28. The Morgan fingerprint density at radius 1 is 1.35 bits per heavy atom. The van der Waals surface area contributed by atoms with Crippen molar-refractivity contribution in [1.29, 1.82) is 0 Å². The molecule has 17 heavy (non-hydrogen) atoms. The lowest BCUT2D eigenvalue weighted by molar-refractivity contribution is 0.113. The third-order valence-corrected chi connectivity index (χ3v) is 6.32. The number of aliphatic hydroxyl groups is 1. The largest absolute Gasteiger partial charge is 0.393 e. The second-order valence-electron chi connectivity index (χ2n) is 3.82. The summed E-state index contributed by atoms with van der Waals surface area (Å²) in [7, 11) is -3.58. The zero-order chi connectivity index (χ0) is 12.6. The van der Waals surface area contributed by atoms with Crippen LogP contribution in [0.3, 0.4) is 0 Å². The highest BCUT2D eigenvalue weighted by atomic mass is 35.5. The number of piperidine rings is 1. The molecule has 1 aromatic heterocycles. The van der Waals surface area contributed by atoms with E-state index in [1.807, 2.05) is 0 Å². The van der Waals surface area contributed by atoms with Gasteiger partial charge in [-0.3, -0.25) is 0 Å². The Bertz CT molecular complexity index is 506. The Labute approximate surface area is 114 Å². The molecule has 2 heterocycles. The van der Waals surface area contributed by atoms with Crippen LogP contribution in [0, 0.1) is 0 Å². The number of nitrogens with zero attached hydrogens (tertiary/aromatic N) is 1.